The summed E-state index contributed by atoms with van der Waals surface area (Å²) in [5.41, 5.74) is 2.88. The molecule has 2 amide bonds. The Kier molecular flexibility index (Phi) is 5.71. The van der Waals surface area contributed by atoms with Gasteiger partial charge in [-0.2, -0.15) is 0 Å². The van der Waals surface area contributed by atoms with Crippen LogP contribution < -0.4 is 9.80 Å². The standard InChI is InChI=1S/C21H19IN2O/c1-23(18-12-6-3-7-13-18)21(25)24(16-17-10-4-2-5-11-17)20-15-9-8-14-19(20)22/h2-15H,16H2,1H3. The van der Waals surface area contributed by atoms with Crippen molar-refractivity contribution in [2.24, 2.45) is 0 Å². The van der Waals surface area contributed by atoms with Crippen LogP contribution in [-0.2, 0) is 6.54 Å². The van der Waals surface area contributed by atoms with E-state index in [0.717, 1.165) is 20.5 Å². The van der Waals surface area contributed by atoms with Crippen molar-refractivity contribution in [1.29, 1.82) is 0 Å². The highest BCUT2D eigenvalue weighted by Crippen LogP contribution is 2.26. The van der Waals surface area contributed by atoms with Crippen molar-refractivity contribution in [3.8, 4) is 0 Å². The minimum absolute atomic E-state index is 0.0563. The fraction of sp³-hybridized carbons (Fsp3) is 0.0952. The average Bonchev–Trinajstić information content (AvgIpc) is 2.67. The number of anilines is 2. The zero-order valence-corrected chi connectivity index (χ0v) is 16.1. The molecule has 0 bridgehead atoms. The zero-order valence-electron chi connectivity index (χ0n) is 14.0. The van der Waals surface area contributed by atoms with Gasteiger partial charge in [0.15, 0.2) is 0 Å². The molecule has 0 aliphatic rings. The zero-order chi connectivity index (χ0) is 17.6. The molecule has 0 heterocycles. The Bertz CT molecular complexity index is 837. The number of hydrogen-bond donors (Lipinski definition) is 0. The molecule has 126 valence electrons. The molecule has 0 saturated carbocycles. The van der Waals surface area contributed by atoms with E-state index < -0.39 is 0 Å². The molecule has 4 heteroatoms. The highest BCUT2D eigenvalue weighted by Gasteiger charge is 2.22. The first-order valence-electron chi connectivity index (χ1n) is 8.05. The summed E-state index contributed by atoms with van der Waals surface area (Å²) in [4.78, 5) is 16.8. The van der Waals surface area contributed by atoms with E-state index in [2.05, 4.69) is 22.6 Å². The molecule has 0 aliphatic heterocycles. The number of rotatable bonds is 4. The normalized spacial score (nSPS) is 10.3. The molecule has 0 spiro atoms. The van der Waals surface area contributed by atoms with E-state index in [1.54, 1.807) is 4.90 Å². The van der Waals surface area contributed by atoms with Crippen molar-refractivity contribution >= 4 is 40.0 Å². The van der Waals surface area contributed by atoms with Gasteiger partial charge >= 0.3 is 6.03 Å². The predicted octanol–water partition coefficient (Wildman–Crippen LogP) is 5.55. The number of nitrogens with zero attached hydrogens (tertiary/aromatic N) is 2. The van der Waals surface area contributed by atoms with E-state index in [0.29, 0.717) is 6.54 Å². The summed E-state index contributed by atoms with van der Waals surface area (Å²) in [6, 6.07) is 27.7. The largest absolute Gasteiger partial charge is 0.329 e. The second-order valence-electron chi connectivity index (χ2n) is 5.70. The molecule has 3 rings (SSSR count). The minimum atomic E-state index is -0.0563. The van der Waals surface area contributed by atoms with E-state index in [4.69, 9.17) is 0 Å². The van der Waals surface area contributed by atoms with Gasteiger partial charge < -0.3 is 0 Å². The van der Waals surface area contributed by atoms with Crippen LogP contribution >= 0.6 is 22.6 Å². The number of carbonyl (C=O) groups is 1. The Morgan fingerprint density at radius 2 is 1.40 bits per heavy atom. The Labute approximate surface area is 162 Å². The molecule has 25 heavy (non-hydrogen) atoms. The number of hydrogen-bond acceptors (Lipinski definition) is 1. The van der Waals surface area contributed by atoms with Crippen molar-refractivity contribution in [2.45, 2.75) is 6.54 Å². The monoisotopic (exact) mass is 442 g/mol. The lowest BCUT2D eigenvalue weighted by Crippen LogP contribution is -2.41. The van der Waals surface area contributed by atoms with Crippen LogP contribution in [0.5, 0.6) is 0 Å². The molecule has 0 atom stereocenters. The third-order valence-corrected chi connectivity index (χ3v) is 4.90. The lowest BCUT2D eigenvalue weighted by atomic mass is 10.2. The van der Waals surface area contributed by atoms with Gasteiger partial charge in [-0.3, -0.25) is 9.80 Å². The third kappa shape index (κ3) is 4.20. The molecule has 0 fully saturated rings. The maximum absolute atomic E-state index is 13.2. The van der Waals surface area contributed by atoms with Crippen LogP contribution in [0.15, 0.2) is 84.9 Å². The second kappa shape index (κ2) is 8.16. The summed E-state index contributed by atoms with van der Waals surface area (Å²) in [5, 5.41) is 0. The lowest BCUT2D eigenvalue weighted by molar-refractivity contribution is 0.252. The van der Waals surface area contributed by atoms with E-state index in [9.17, 15) is 4.79 Å². The maximum atomic E-state index is 13.2. The molecule has 0 unspecified atom stereocenters. The van der Waals surface area contributed by atoms with Crippen LogP contribution in [0.2, 0.25) is 0 Å². The number of urea groups is 1. The maximum Gasteiger partial charge on any atom is 0.329 e. The SMILES string of the molecule is CN(C(=O)N(Cc1ccccc1)c1ccccc1I)c1ccccc1. The number of amides is 2. The molecule has 0 aliphatic carbocycles. The summed E-state index contributed by atoms with van der Waals surface area (Å²) in [6.07, 6.45) is 0. The topological polar surface area (TPSA) is 23.6 Å². The fourth-order valence-electron chi connectivity index (χ4n) is 2.64. The molecular weight excluding hydrogens is 423 g/mol. The van der Waals surface area contributed by atoms with Crippen molar-refractivity contribution in [3.05, 3.63) is 94.1 Å². The first kappa shape index (κ1) is 17.5. The molecule has 3 aromatic carbocycles. The summed E-state index contributed by atoms with van der Waals surface area (Å²) in [7, 11) is 1.81. The van der Waals surface area contributed by atoms with Crippen LogP contribution in [0.1, 0.15) is 5.56 Å². The number of halogens is 1. The summed E-state index contributed by atoms with van der Waals surface area (Å²) >= 11 is 2.28. The fourth-order valence-corrected chi connectivity index (χ4v) is 3.31. The van der Waals surface area contributed by atoms with E-state index in [-0.39, 0.29) is 6.03 Å². The Morgan fingerprint density at radius 3 is 2.04 bits per heavy atom. The average molecular weight is 442 g/mol. The molecule has 0 aromatic heterocycles. The van der Waals surface area contributed by atoms with Crippen LogP contribution in [0.3, 0.4) is 0 Å². The second-order valence-corrected chi connectivity index (χ2v) is 6.86. The van der Waals surface area contributed by atoms with Gasteiger partial charge in [0.2, 0.25) is 0 Å². The van der Waals surface area contributed by atoms with Gasteiger partial charge in [-0.05, 0) is 52.4 Å². The van der Waals surface area contributed by atoms with Gasteiger partial charge in [0.1, 0.15) is 0 Å². The number of carbonyl (C=O) groups excluding carboxylic acids is 1. The van der Waals surface area contributed by atoms with Crippen LogP contribution in [0.4, 0.5) is 16.2 Å². The smallest absolute Gasteiger partial charge is 0.297 e. The van der Waals surface area contributed by atoms with Crippen molar-refractivity contribution < 1.29 is 4.79 Å². The van der Waals surface area contributed by atoms with E-state index in [1.165, 1.54) is 0 Å². The van der Waals surface area contributed by atoms with Gasteiger partial charge in [-0.15, -0.1) is 0 Å². The Morgan fingerprint density at radius 1 is 0.840 bits per heavy atom. The minimum Gasteiger partial charge on any atom is -0.297 e. The number of benzene rings is 3. The van der Waals surface area contributed by atoms with Gasteiger partial charge in [0.25, 0.3) is 0 Å². The van der Waals surface area contributed by atoms with Gasteiger partial charge in [-0.1, -0.05) is 60.7 Å². The first-order chi connectivity index (χ1) is 12.2. The van der Waals surface area contributed by atoms with Gasteiger partial charge in [0, 0.05) is 16.3 Å². The van der Waals surface area contributed by atoms with Crippen molar-refractivity contribution in [3.63, 3.8) is 0 Å². The third-order valence-electron chi connectivity index (χ3n) is 3.99. The molecule has 3 aromatic rings. The highest BCUT2D eigenvalue weighted by atomic mass is 127. The summed E-state index contributed by atoms with van der Waals surface area (Å²) in [5.74, 6) is 0. The Balaban J connectivity index is 1.96. The quantitative estimate of drug-likeness (QED) is 0.486. The number of para-hydroxylation sites is 2. The van der Waals surface area contributed by atoms with Gasteiger partial charge in [0.05, 0.1) is 12.2 Å². The lowest BCUT2D eigenvalue weighted by Gasteiger charge is -2.29. The van der Waals surface area contributed by atoms with Crippen LogP contribution in [-0.4, -0.2) is 13.1 Å². The van der Waals surface area contributed by atoms with E-state index in [1.807, 2.05) is 96.9 Å². The van der Waals surface area contributed by atoms with Crippen molar-refractivity contribution in [1.82, 2.24) is 0 Å². The first-order valence-corrected chi connectivity index (χ1v) is 9.13. The summed E-state index contributed by atoms with van der Waals surface area (Å²) < 4.78 is 1.05. The summed E-state index contributed by atoms with van der Waals surface area (Å²) in [6.45, 7) is 0.525. The molecule has 0 radical (unpaired) electrons. The highest BCUT2D eigenvalue weighted by molar-refractivity contribution is 14.1. The van der Waals surface area contributed by atoms with E-state index >= 15 is 0 Å². The predicted molar refractivity (Wildman–Crippen MR) is 112 cm³/mol. The molecule has 0 saturated heterocycles. The van der Waals surface area contributed by atoms with Gasteiger partial charge in [-0.25, -0.2) is 4.79 Å². The molecule has 0 N–H and O–H groups in total. The Hall–Kier alpha value is -2.34. The molecule has 3 nitrogen and oxygen atoms in total. The van der Waals surface area contributed by atoms with Crippen LogP contribution in [0.25, 0.3) is 0 Å². The van der Waals surface area contributed by atoms with Crippen molar-refractivity contribution in [2.75, 3.05) is 16.8 Å². The van der Waals surface area contributed by atoms with Crippen LogP contribution in [0, 0.1) is 3.57 Å². The molecular formula is C21H19IN2O.